The zero-order valence-corrected chi connectivity index (χ0v) is 12.1. The average Bonchev–Trinajstić information content (AvgIpc) is 2.89. The Labute approximate surface area is 122 Å². The van der Waals surface area contributed by atoms with Gasteiger partial charge in [-0.05, 0) is 34.4 Å². The Morgan fingerprint density at radius 3 is 2.47 bits per heavy atom. The molecule has 1 aromatic heterocycles. The molecular weight excluding hydrogens is 272 g/mol. The highest BCUT2D eigenvalue weighted by molar-refractivity contribution is 7.17. The topological polar surface area (TPSA) is 0 Å². The van der Waals surface area contributed by atoms with Crippen LogP contribution < -0.4 is 0 Å². The molecule has 0 N–H and O–H groups in total. The molecule has 1 unspecified atom stereocenters. The quantitative estimate of drug-likeness (QED) is 0.558. The van der Waals surface area contributed by atoms with Gasteiger partial charge in [0.2, 0.25) is 0 Å². The fourth-order valence-corrected chi connectivity index (χ4v) is 3.71. The number of rotatable bonds is 4. The second-order valence-corrected chi connectivity index (χ2v) is 5.94. The van der Waals surface area contributed by atoms with Crippen molar-refractivity contribution in [2.24, 2.45) is 0 Å². The van der Waals surface area contributed by atoms with Crippen molar-refractivity contribution >= 4 is 33.0 Å². The molecule has 0 saturated carbocycles. The summed E-state index contributed by atoms with van der Waals surface area (Å²) >= 11 is 7.99. The molecular formula is C17H15ClS. The van der Waals surface area contributed by atoms with Crippen molar-refractivity contribution in [3.8, 4) is 0 Å². The molecule has 0 nitrogen and oxygen atoms in total. The lowest BCUT2D eigenvalue weighted by molar-refractivity contribution is 0.772. The number of fused-ring (bicyclic) bond motifs is 1. The van der Waals surface area contributed by atoms with Crippen molar-refractivity contribution in [2.75, 3.05) is 5.88 Å². The summed E-state index contributed by atoms with van der Waals surface area (Å²) in [7, 11) is 0. The normalized spacial score (nSPS) is 12.7. The third-order valence-corrected chi connectivity index (χ3v) is 4.87. The molecule has 1 heterocycles. The SMILES string of the molecule is ClCC(Cc1csc2ccccc12)c1ccccc1. The van der Waals surface area contributed by atoms with Gasteiger partial charge in [-0.15, -0.1) is 22.9 Å². The third kappa shape index (κ3) is 2.68. The van der Waals surface area contributed by atoms with E-state index in [0.29, 0.717) is 11.8 Å². The molecule has 2 aromatic carbocycles. The predicted octanol–water partition coefficient (Wildman–Crippen LogP) is 5.47. The van der Waals surface area contributed by atoms with Crippen LogP contribution in [0, 0.1) is 0 Å². The van der Waals surface area contributed by atoms with Crippen molar-refractivity contribution in [1.82, 2.24) is 0 Å². The molecule has 0 bridgehead atoms. The third-order valence-electron chi connectivity index (χ3n) is 3.48. The van der Waals surface area contributed by atoms with Gasteiger partial charge in [0, 0.05) is 16.5 Å². The Bertz CT molecular complexity index is 657. The molecule has 0 radical (unpaired) electrons. The zero-order valence-electron chi connectivity index (χ0n) is 10.6. The van der Waals surface area contributed by atoms with Crippen LogP contribution in [0.2, 0.25) is 0 Å². The van der Waals surface area contributed by atoms with Gasteiger partial charge in [0.25, 0.3) is 0 Å². The Kier molecular flexibility index (Phi) is 3.86. The van der Waals surface area contributed by atoms with E-state index in [1.54, 1.807) is 0 Å². The standard InChI is InChI=1S/C17H15ClS/c18-11-14(13-6-2-1-3-7-13)10-15-12-19-17-9-5-4-8-16(15)17/h1-9,12,14H,10-11H2. The fraction of sp³-hybridized carbons (Fsp3) is 0.176. The molecule has 3 aromatic rings. The summed E-state index contributed by atoms with van der Waals surface area (Å²) in [6.07, 6.45) is 1.01. The molecule has 0 aliphatic rings. The summed E-state index contributed by atoms with van der Waals surface area (Å²) in [5.74, 6) is 1.05. The number of thiophene rings is 1. The van der Waals surface area contributed by atoms with Crippen molar-refractivity contribution in [2.45, 2.75) is 12.3 Å². The number of halogens is 1. The average molecular weight is 287 g/mol. The molecule has 0 aliphatic heterocycles. The van der Waals surface area contributed by atoms with Gasteiger partial charge >= 0.3 is 0 Å². The van der Waals surface area contributed by atoms with Crippen molar-refractivity contribution in [3.63, 3.8) is 0 Å². The summed E-state index contributed by atoms with van der Waals surface area (Å²) < 4.78 is 1.36. The van der Waals surface area contributed by atoms with Gasteiger partial charge in [0.15, 0.2) is 0 Å². The minimum absolute atomic E-state index is 0.390. The van der Waals surface area contributed by atoms with Gasteiger partial charge in [-0.2, -0.15) is 0 Å². The van der Waals surface area contributed by atoms with E-state index in [-0.39, 0.29) is 0 Å². The molecule has 19 heavy (non-hydrogen) atoms. The number of hydrogen-bond acceptors (Lipinski definition) is 1. The van der Waals surface area contributed by atoms with Crippen molar-refractivity contribution < 1.29 is 0 Å². The first kappa shape index (κ1) is 12.7. The minimum Gasteiger partial charge on any atom is -0.144 e. The Morgan fingerprint density at radius 1 is 0.947 bits per heavy atom. The van der Waals surface area contributed by atoms with Crippen LogP contribution >= 0.6 is 22.9 Å². The van der Waals surface area contributed by atoms with Gasteiger partial charge in [0.1, 0.15) is 0 Å². The van der Waals surface area contributed by atoms with Crippen LogP contribution in [-0.2, 0) is 6.42 Å². The molecule has 0 saturated heterocycles. The van der Waals surface area contributed by atoms with E-state index in [1.807, 2.05) is 11.3 Å². The lowest BCUT2D eigenvalue weighted by Crippen LogP contribution is -2.04. The summed E-state index contributed by atoms with van der Waals surface area (Å²) in [5, 5.41) is 3.64. The van der Waals surface area contributed by atoms with Crippen LogP contribution in [0.25, 0.3) is 10.1 Å². The molecule has 3 rings (SSSR count). The molecule has 0 aliphatic carbocycles. The van der Waals surface area contributed by atoms with E-state index in [0.717, 1.165) is 6.42 Å². The van der Waals surface area contributed by atoms with Crippen LogP contribution in [-0.4, -0.2) is 5.88 Å². The maximum absolute atomic E-state index is 6.17. The molecule has 0 spiro atoms. The van der Waals surface area contributed by atoms with E-state index >= 15 is 0 Å². The molecule has 96 valence electrons. The Morgan fingerprint density at radius 2 is 1.68 bits per heavy atom. The fourth-order valence-electron chi connectivity index (χ4n) is 2.44. The van der Waals surface area contributed by atoms with E-state index in [4.69, 9.17) is 11.6 Å². The monoisotopic (exact) mass is 286 g/mol. The summed E-state index contributed by atoms with van der Waals surface area (Å²) in [6, 6.07) is 19.1. The lowest BCUT2D eigenvalue weighted by atomic mass is 9.93. The lowest BCUT2D eigenvalue weighted by Gasteiger charge is -2.13. The van der Waals surface area contributed by atoms with E-state index in [1.165, 1.54) is 21.2 Å². The Hall–Kier alpha value is -1.31. The van der Waals surface area contributed by atoms with Crippen LogP contribution in [0.15, 0.2) is 60.0 Å². The van der Waals surface area contributed by atoms with Crippen LogP contribution in [0.1, 0.15) is 17.0 Å². The van der Waals surface area contributed by atoms with Gasteiger partial charge in [-0.1, -0.05) is 48.5 Å². The molecule has 1 atom stereocenters. The first-order valence-corrected chi connectivity index (χ1v) is 7.86. The largest absolute Gasteiger partial charge is 0.144 e. The van der Waals surface area contributed by atoms with Crippen LogP contribution in [0.3, 0.4) is 0 Å². The van der Waals surface area contributed by atoms with E-state index in [2.05, 4.69) is 60.0 Å². The zero-order chi connectivity index (χ0) is 13.1. The highest BCUT2D eigenvalue weighted by atomic mass is 35.5. The number of benzene rings is 2. The van der Waals surface area contributed by atoms with Crippen LogP contribution in [0.4, 0.5) is 0 Å². The molecule has 0 fully saturated rings. The van der Waals surface area contributed by atoms with Crippen LogP contribution in [0.5, 0.6) is 0 Å². The first-order chi connectivity index (χ1) is 9.38. The van der Waals surface area contributed by atoms with Crippen molar-refractivity contribution in [3.05, 3.63) is 71.1 Å². The Balaban J connectivity index is 1.91. The van der Waals surface area contributed by atoms with Crippen molar-refractivity contribution in [1.29, 1.82) is 0 Å². The molecule has 0 amide bonds. The number of hydrogen-bond donors (Lipinski definition) is 0. The summed E-state index contributed by atoms with van der Waals surface area (Å²) in [5.41, 5.74) is 2.74. The second kappa shape index (κ2) is 5.77. The highest BCUT2D eigenvalue weighted by Gasteiger charge is 2.13. The first-order valence-electron chi connectivity index (χ1n) is 6.44. The summed E-state index contributed by atoms with van der Waals surface area (Å²) in [6.45, 7) is 0. The van der Waals surface area contributed by atoms with Gasteiger partial charge < -0.3 is 0 Å². The maximum Gasteiger partial charge on any atom is 0.0345 e. The van der Waals surface area contributed by atoms with Gasteiger partial charge in [-0.25, -0.2) is 0 Å². The minimum atomic E-state index is 0.390. The van der Waals surface area contributed by atoms with E-state index < -0.39 is 0 Å². The second-order valence-electron chi connectivity index (χ2n) is 4.72. The van der Waals surface area contributed by atoms with E-state index in [9.17, 15) is 0 Å². The number of alkyl halides is 1. The predicted molar refractivity (Wildman–Crippen MR) is 85.4 cm³/mol. The smallest absolute Gasteiger partial charge is 0.0345 e. The maximum atomic E-state index is 6.17. The van der Waals surface area contributed by atoms with Gasteiger partial charge in [-0.3, -0.25) is 0 Å². The van der Waals surface area contributed by atoms with Gasteiger partial charge in [0.05, 0.1) is 0 Å². The molecule has 2 heteroatoms. The highest BCUT2D eigenvalue weighted by Crippen LogP contribution is 2.30. The summed E-state index contributed by atoms with van der Waals surface area (Å²) in [4.78, 5) is 0.